The monoisotopic (exact) mass is 351 g/mol. The molecule has 0 saturated carbocycles. The summed E-state index contributed by atoms with van der Waals surface area (Å²) in [6.45, 7) is 0. The number of halogens is 2. The van der Waals surface area contributed by atoms with E-state index in [0.717, 1.165) is 12.2 Å². The van der Waals surface area contributed by atoms with E-state index in [-0.39, 0.29) is 18.4 Å². The highest BCUT2D eigenvalue weighted by Crippen LogP contribution is 2.36. The fourth-order valence-electron chi connectivity index (χ4n) is 2.60. The molecular weight excluding hydrogens is 337 g/mol. The third-order valence-electron chi connectivity index (χ3n) is 3.69. The van der Waals surface area contributed by atoms with Gasteiger partial charge in [-0.05, 0) is 35.7 Å². The summed E-state index contributed by atoms with van der Waals surface area (Å²) in [4.78, 5) is 13.6. The summed E-state index contributed by atoms with van der Waals surface area (Å²) in [5.74, 6) is 0.955. The van der Waals surface area contributed by atoms with Gasteiger partial charge in [0.25, 0.3) is 0 Å². The summed E-state index contributed by atoms with van der Waals surface area (Å²) in [5, 5.41) is 4.17. The van der Waals surface area contributed by atoms with Gasteiger partial charge in [0.15, 0.2) is 0 Å². The van der Waals surface area contributed by atoms with E-state index >= 15 is 0 Å². The third kappa shape index (κ3) is 3.43. The molecule has 114 valence electrons. The number of benzene rings is 2. The van der Waals surface area contributed by atoms with Crippen molar-refractivity contribution in [3.8, 4) is 0 Å². The highest BCUT2D eigenvalue weighted by atomic mass is 35.5. The van der Waals surface area contributed by atoms with Crippen LogP contribution < -0.4 is 5.32 Å². The van der Waals surface area contributed by atoms with Gasteiger partial charge in [0, 0.05) is 20.7 Å². The molecule has 0 fully saturated rings. The number of rotatable bonds is 3. The van der Waals surface area contributed by atoms with E-state index in [2.05, 4.69) is 17.4 Å². The molecule has 1 atom stereocenters. The normalized spacial score (nSPS) is 16.9. The first kappa shape index (κ1) is 15.7. The smallest absolute Gasteiger partial charge is 0.225 e. The fraction of sp³-hybridized carbons (Fsp3) is 0.235. The van der Waals surface area contributed by atoms with Crippen LogP contribution in [0.1, 0.15) is 23.6 Å². The first-order chi connectivity index (χ1) is 10.6. The van der Waals surface area contributed by atoms with Crippen LogP contribution in [0.15, 0.2) is 47.4 Å². The Labute approximate surface area is 144 Å². The van der Waals surface area contributed by atoms with Crippen LogP contribution >= 0.6 is 35.0 Å². The number of nitrogens with one attached hydrogen (secondary N) is 1. The molecule has 0 aromatic heterocycles. The Balaban J connectivity index is 1.73. The quantitative estimate of drug-likeness (QED) is 0.852. The second-order valence-electron chi connectivity index (χ2n) is 5.17. The van der Waals surface area contributed by atoms with Crippen molar-refractivity contribution >= 4 is 40.9 Å². The van der Waals surface area contributed by atoms with E-state index in [9.17, 15) is 4.79 Å². The first-order valence-corrected chi connectivity index (χ1v) is 8.83. The predicted octanol–water partition coefficient (Wildman–Crippen LogP) is 4.89. The molecular formula is C17H15Cl2NOS. The van der Waals surface area contributed by atoms with Crippen molar-refractivity contribution in [1.82, 2.24) is 5.32 Å². The minimum atomic E-state index is -0.0540. The zero-order valence-electron chi connectivity index (χ0n) is 11.8. The number of carbonyl (C=O) groups excluding carboxylic acids is 1. The van der Waals surface area contributed by atoms with Gasteiger partial charge in [0.05, 0.1) is 12.5 Å². The Morgan fingerprint density at radius 2 is 1.86 bits per heavy atom. The van der Waals surface area contributed by atoms with E-state index < -0.39 is 0 Å². The van der Waals surface area contributed by atoms with Crippen molar-refractivity contribution < 1.29 is 4.79 Å². The second kappa shape index (κ2) is 6.95. The maximum absolute atomic E-state index is 12.4. The summed E-state index contributed by atoms with van der Waals surface area (Å²) in [6, 6.07) is 13.6. The molecule has 1 N–H and O–H groups in total. The summed E-state index contributed by atoms with van der Waals surface area (Å²) in [6.07, 6.45) is 1.13. The lowest BCUT2D eigenvalue weighted by atomic mass is 10.0. The maximum Gasteiger partial charge on any atom is 0.225 e. The van der Waals surface area contributed by atoms with Gasteiger partial charge in [0.1, 0.15) is 0 Å². The summed E-state index contributed by atoms with van der Waals surface area (Å²) >= 11 is 14.1. The zero-order valence-corrected chi connectivity index (χ0v) is 14.1. The van der Waals surface area contributed by atoms with Crippen LogP contribution in [-0.2, 0) is 11.2 Å². The minimum Gasteiger partial charge on any atom is -0.349 e. The van der Waals surface area contributed by atoms with Gasteiger partial charge in [0.2, 0.25) is 5.91 Å². The van der Waals surface area contributed by atoms with E-state index in [1.807, 2.05) is 23.9 Å². The predicted molar refractivity (Wildman–Crippen MR) is 92.8 cm³/mol. The Morgan fingerprint density at radius 1 is 1.14 bits per heavy atom. The molecule has 1 aliphatic rings. The van der Waals surface area contributed by atoms with Crippen LogP contribution in [0.5, 0.6) is 0 Å². The first-order valence-electron chi connectivity index (χ1n) is 7.09. The molecule has 0 spiro atoms. The summed E-state index contributed by atoms with van der Waals surface area (Å²) < 4.78 is 0. The van der Waals surface area contributed by atoms with Gasteiger partial charge in [-0.3, -0.25) is 4.79 Å². The molecule has 0 radical (unpaired) electrons. The molecule has 2 aromatic rings. The van der Waals surface area contributed by atoms with E-state index in [1.165, 1.54) is 10.5 Å². The molecule has 0 unspecified atom stereocenters. The van der Waals surface area contributed by atoms with Gasteiger partial charge in [-0.15, -0.1) is 11.8 Å². The van der Waals surface area contributed by atoms with Crippen LogP contribution in [0.2, 0.25) is 10.0 Å². The fourth-order valence-corrected chi connectivity index (χ4v) is 4.26. The van der Waals surface area contributed by atoms with Crippen molar-refractivity contribution in [3.63, 3.8) is 0 Å². The lowest BCUT2D eigenvalue weighted by Gasteiger charge is -2.26. The number of fused-ring (bicyclic) bond motifs is 1. The summed E-state index contributed by atoms with van der Waals surface area (Å²) in [5.41, 5.74) is 1.87. The molecule has 0 aliphatic carbocycles. The van der Waals surface area contributed by atoms with Crippen molar-refractivity contribution in [2.24, 2.45) is 0 Å². The number of carbonyl (C=O) groups is 1. The second-order valence-corrected chi connectivity index (χ2v) is 7.12. The highest BCUT2D eigenvalue weighted by Gasteiger charge is 2.22. The molecule has 1 amide bonds. The van der Waals surface area contributed by atoms with E-state index in [0.29, 0.717) is 15.6 Å². The molecule has 22 heavy (non-hydrogen) atoms. The highest BCUT2D eigenvalue weighted by molar-refractivity contribution is 7.99. The van der Waals surface area contributed by atoms with Gasteiger partial charge in [-0.1, -0.05) is 47.5 Å². The Kier molecular flexibility index (Phi) is 4.97. The molecule has 2 nitrogen and oxygen atoms in total. The zero-order chi connectivity index (χ0) is 15.5. The van der Waals surface area contributed by atoms with E-state index in [4.69, 9.17) is 23.2 Å². The van der Waals surface area contributed by atoms with Crippen molar-refractivity contribution in [2.75, 3.05) is 5.75 Å². The average molecular weight is 352 g/mol. The molecule has 0 saturated heterocycles. The van der Waals surface area contributed by atoms with Crippen LogP contribution in [0, 0.1) is 0 Å². The summed E-state index contributed by atoms with van der Waals surface area (Å²) in [7, 11) is 0. The number of amides is 1. The minimum absolute atomic E-state index is 0.0540. The van der Waals surface area contributed by atoms with Crippen LogP contribution in [0.4, 0.5) is 0 Å². The van der Waals surface area contributed by atoms with Gasteiger partial charge in [-0.2, -0.15) is 0 Å². The maximum atomic E-state index is 12.4. The molecule has 5 heteroatoms. The molecule has 3 rings (SSSR count). The van der Waals surface area contributed by atoms with Crippen LogP contribution in [-0.4, -0.2) is 11.7 Å². The topological polar surface area (TPSA) is 29.1 Å². The number of hydrogen-bond donors (Lipinski definition) is 1. The van der Waals surface area contributed by atoms with Crippen molar-refractivity contribution in [3.05, 3.63) is 63.6 Å². The SMILES string of the molecule is O=C(Cc1c(Cl)cccc1Cl)N[C@@H]1CCSc2ccccc21. The molecule has 1 aliphatic heterocycles. The number of thioether (sulfide) groups is 1. The van der Waals surface area contributed by atoms with E-state index in [1.54, 1.807) is 18.2 Å². The van der Waals surface area contributed by atoms with Crippen LogP contribution in [0.3, 0.4) is 0 Å². The Hall–Kier alpha value is -1.16. The standard InChI is InChI=1S/C17H15Cl2NOS/c18-13-5-3-6-14(19)12(13)10-17(21)20-15-8-9-22-16-7-2-1-4-11(15)16/h1-7,15H,8-10H2,(H,20,21)/t15-/m1/s1. The average Bonchev–Trinajstić information content (AvgIpc) is 2.51. The number of hydrogen-bond acceptors (Lipinski definition) is 2. The Morgan fingerprint density at radius 3 is 2.64 bits per heavy atom. The third-order valence-corrected chi connectivity index (χ3v) is 5.52. The van der Waals surface area contributed by atoms with Crippen molar-refractivity contribution in [1.29, 1.82) is 0 Å². The lowest BCUT2D eigenvalue weighted by Crippen LogP contribution is -2.31. The lowest BCUT2D eigenvalue weighted by molar-refractivity contribution is -0.121. The van der Waals surface area contributed by atoms with Gasteiger partial charge >= 0.3 is 0 Å². The van der Waals surface area contributed by atoms with Crippen LogP contribution in [0.25, 0.3) is 0 Å². The van der Waals surface area contributed by atoms with Gasteiger partial charge < -0.3 is 5.32 Å². The largest absolute Gasteiger partial charge is 0.349 e. The molecule has 1 heterocycles. The molecule has 2 aromatic carbocycles. The van der Waals surface area contributed by atoms with Gasteiger partial charge in [-0.25, -0.2) is 0 Å². The van der Waals surface area contributed by atoms with Crippen molar-refractivity contribution in [2.45, 2.75) is 23.8 Å². The molecule has 0 bridgehead atoms. The Bertz CT molecular complexity index is 685.